The van der Waals surface area contributed by atoms with Crippen molar-refractivity contribution in [1.29, 1.82) is 0 Å². The van der Waals surface area contributed by atoms with Crippen LogP contribution >= 0.6 is 0 Å². The van der Waals surface area contributed by atoms with Gasteiger partial charge in [0, 0.05) is 5.69 Å². The Kier molecular flexibility index (Phi) is 2.80. The van der Waals surface area contributed by atoms with E-state index in [-0.39, 0.29) is 0 Å². The number of hydrogen-bond donors (Lipinski definition) is 1. The lowest BCUT2D eigenvalue weighted by Crippen LogP contribution is -2.12. The van der Waals surface area contributed by atoms with Gasteiger partial charge in [-0.15, -0.1) is 0 Å². The number of alkyl halides is 1. The summed E-state index contributed by atoms with van der Waals surface area (Å²) in [5.74, 6) is -0.612. The van der Waals surface area contributed by atoms with E-state index in [1.165, 1.54) is 0 Å². The molecule has 0 aliphatic heterocycles. The summed E-state index contributed by atoms with van der Waals surface area (Å²) in [4.78, 5) is 10.6. The first-order valence-corrected chi connectivity index (χ1v) is 3.65. The SMILES string of the molecule is Cc1ccc(NC(=O)CF)cc1. The molecular weight excluding hydrogens is 157 g/mol. The first kappa shape index (κ1) is 8.71. The molecule has 0 aliphatic carbocycles. The fourth-order valence-corrected chi connectivity index (χ4v) is 0.831. The summed E-state index contributed by atoms with van der Waals surface area (Å²) in [7, 11) is 0. The summed E-state index contributed by atoms with van der Waals surface area (Å²) in [5.41, 5.74) is 1.73. The summed E-state index contributed by atoms with van der Waals surface area (Å²) < 4.78 is 11.7. The van der Waals surface area contributed by atoms with Crippen molar-refractivity contribution < 1.29 is 9.18 Å². The molecule has 1 N–H and O–H groups in total. The molecule has 0 aromatic heterocycles. The summed E-state index contributed by atoms with van der Waals surface area (Å²) in [6.07, 6.45) is 0. The molecule has 0 bridgehead atoms. The van der Waals surface area contributed by atoms with Crippen LogP contribution in [0.2, 0.25) is 0 Å². The van der Waals surface area contributed by atoms with Gasteiger partial charge in [0.15, 0.2) is 6.67 Å². The third-order valence-corrected chi connectivity index (χ3v) is 1.46. The largest absolute Gasteiger partial charge is 0.324 e. The van der Waals surface area contributed by atoms with Gasteiger partial charge in [-0.2, -0.15) is 0 Å². The number of halogens is 1. The Hall–Kier alpha value is -1.38. The molecule has 0 saturated heterocycles. The maximum atomic E-state index is 11.7. The molecule has 0 aliphatic rings. The van der Waals surface area contributed by atoms with Crippen molar-refractivity contribution in [3.05, 3.63) is 29.8 Å². The van der Waals surface area contributed by atoms with E-state index in [4.69, 9.17) is 0 Å². The van der Waals surface area contributed by atoms with Crippen LogP contribution in [0.1, 0.15) is 5.56 Å². The Balaban J connectivity index is 2.64. The quantitative estimate of drug-likeness (QED) is 0.716. The van der Waals surface area contributed by atoms with Crippen LogP contribution in [0.3, 0.4) is 0 Å². The highest BCUT2D eigenvalue weighted by Crippen LogP contribution is 2.07. The number of nitrogens with one attached hydrogen (secondary N) is 1. The fraction of sp³-hybridized carbons (Fsp3) is 0.222. The van der Waals surface area contributed by atoms with Gasteiger partial charge < -0.3 is 5.32 Å². The highest BCUT2D eigenvalue weighted by molar-refractivity contribution is 5.91. The first-order valence-electron chi connectivity index (χ1n) is 3.65. The minimum atomic E-state index is -0.978. The van der Waals surface area contributed by atoms with Crippen molar-refractivity contribution >= 4 is 11.6 Å². The monoisotopic (exact) mass is 167 g/mol. The number of anilines is 1. The van der Waals surface area contributed by atoms with Gasteiger partial charge in [0.25, 0.3) is 5.91 Å². The van der Waals surface area contributed by atoms with Gasteiger partial charge in [-0.1, -0.05) is 17.7 Å². The molecule has 0 radical (unpaired) electrons. The molecule has 0 fully saturated rings. The van der Waals surface area contributed by atoms with Gasteiger partial charge in [0.05, 0.1) is 0 Å². The molecule has 0 heterocycles. The van der Waals surface area contributed by atoms with Crippen LogP contribution in [0.4, 0.5) is 10.1 Å². The van der Waals surface area contributed by atoms with Crippen LogP contribution in [0, 0.1) is 6.92 Å². The Morgan fingerprint density at radius 3 is 2.50 bits per heavy atom. The summed E-state index contributed by atoms with van der Waals surface area (Å²) in [6.45, 7) is 0.967. The van der Waals surface area contributed by atoms with Crippen LogP contribution in [-0.2, 0) is 4.79 Å². The summed E-state index contributed by atoms with van der Waals surface area (Å²) in [5, 5.41) is 2.40. The Morgan fingerprint density at radius 1 is 1.42 bits per heavy atom. The topological polar surface area (TPSA) is 29.1 Å². The second kappa shape index (κ2) is 3.85. The van der Waals surface area contributed by atoms with Gasteiger partial charge in [-0.25, -0.2) is 4.39 Å². The van der Waals surface area contributed by atoms with Gasteiger partial charge >= 0.3 is 0 Å². The van der Waals surface area contributed by atoms with Gasteiger partial charge in [-0.3, -0.25) is 4.79 Å². The molecule has 0 spiro atoms. The third-order valence-electron chi connectivity index (χ3n) is 1.46. The average molecular weight is 167 g/mol. The summed E-state index contributed by atoms with van der Waals surface area (Å²) in [6, 6.07) is 7.19. The number of carbonyl (C=O) groups excluding carboxylic acids is 1. The lowest BCUT2D eigenvalue weighted by Gasteiger charge is -2.01. The van der Waals surface area contributed by atoms with E-state index in [1.54, 1.807) is 12.1 Å². The molecule has 1 amide bonds. The Labute approximate surface area is 70.4 Å². The predicted octanol–water partition coefficient (Wildman–Crippen LogP) is 1.90. The van der Waals surface area contributed by atoms with E-state index in [1.807, 2.05) is 19.1 Å². The molecule has 0 saturated carbocycles. The molecule has 0 atom stereocenters. The van der Waals surface area contributed by atoms with Crippen LogP contribution in [-0.4, -0.2) is 12.6 Å². The highest BCUT2D eigenvalue weighted by Gasteiger charge is 1.98. The molecule has 3 heteroatoms. The zero-order valence-electron chi connectivity index (χ0n) is 6.80. The molecular formula is C9H10FNO. The molecule has 64 valence electrons. The molecule has 0 unspecified atom stereocenters. The van der Waals surface area contributed by atoms with Crippen molar-refractivity contribution in [1.82, 2.24) is 0 Å². The minimum absolute atomic E-state index is 0.612. The molecule has 1 rings (SSSR count). The van der Waals surface area contributed by atoms with Gasteiger partial charge in [0.2, 0.25) is 0 Å². The third kappa shape index (κ3) is 2.34. The normalized spacial score (nSPS) is 9.50. The number of benzene rings is 1. The standard InChI is InChI=1S/C9H10FNO/c1-7-2-4-8(5-3-7)11-9(12)6-10/h2-5H,6H2,1H3,(H,11,12). The van der Waals surface area contributed by atoms with Crippen LogP contribution < -0.4 is 5.32 Å². The van der Waals surface area contributed by atoms with Gasteiger partial charge in [-0.05, 0) is 19.1 Å². The van der Waals surface area contributed by atoms with Crippen molar-refractivity contribution in [2.24, 2.45) is 0 Å². The predicted molar refractivity (Wildman–Crippen MR) is 45.8 cm³/mol. The number of aryl methyl sites for hydroxylation is 1. The number of amides is 1. The van der Waals surface area contributed by atoms with Crippen molar-refractivity contribution in [3.63, 3.8) is 0 Å². The first-order chi connectivity index (χ1) is 5.72. The van der Waals surface area contributed by atoms with Crippen molar-refractivity contribution in [2.75, 3.05) is 12.0 Å². The fourth-order valence-electron chi connectivity index (χ4n) is 0.831. The van der Waals surface area contributed by atoms with E-state index < -0.39 is 12.6 Å². The van der Waals surface area contributed by atoms with E-state index >= 15 is 0 Å². The van der Waals surface area contributed by atoms with E-state index in [0.29, 0.717) is 5.69 Å². The lowest BCUT2D eigenvalue weighted by atomic mass is 10.2. The lowest BCUT2D eigenvalue weighted by molar-refractivity contribution is -0.117. The average Bonchev–Trinajstić information content (AvgIpc) is 2.09. The van der Waals surface area contributed by atoms with E-state index in [9.17, 15) is 9.18 Å². The van der Waals surface area contributed by atoms with Gasteiger partial charge in [0.1, 0.15) is 0 Å². The van der Waals surface area contributed by atoms with E-state index in [2.05, 4.69) is 5.32 Å². The highest BCUT2D eigenvalue weighted by atomic mass is 19.1. The smallest absolute Gasteiger partial charge is 0.255 e. The second-order valence-electron chi connectivity index (χ2n) is 2.55. The Morgan fingerprint density at radius 2 is 2.00 bits per heavy atom. The molecule has 1 aromatic rings. The zero-order valence-corrected chi connectivity index (χ0v) is 6.80. The Bertz CT molecular complexity index is 268. The maximum Gasteiger partial charge on any atom is 0.255 e. The van der Waals surface area contributed by atoms with E-state index in [0.717, 1.165) is 5.56 Å². The molecule has 2 nitrogen and oxygen atoms in total. The zero-order chi connectivity index (χ0) is 8.97. The van der Waals surface area contributed by atoms with Crippen LogP contribution in [0.25, 0.3) is 0 Å². The second-order valence-corrected chi connectivity index (χ2v) is 2.55. The number of carbonyl (C=O) groups is 1. The van der Waals surface area contributed by atoms with Crippen LogP contribution in [0.5, 0.6) is 0 Å². The van der Waals surface area contributed by atoms with Crippen molar-refractivity contribution in [2.45, 2.75) is 6.92 Å². The number of hydrogen-bond acceptors (Lipinski definition) is 1. The molecule has 1 aromatic carbocycles. The minimum Gasteiger partial charge on any atom is -0.324 e. The van der Waals surface area contributed by atoms with Crippen molar-refractivity contribution in [3.8, 4) is 0 Å². The molecule has 12 heavy (non-hydrogen) atoms. The maximum absolute atomic E-state index is 11.7. The number of rotatable bonds is 2. The summed E-state index contributed by atoms with van der Waals surface area (Å²) >= 11 is 0. The van der Waals surface area contributed by atoms with Crippen LogP contribution in [0.15, 0.2) is 24.3 Å².